The number of halogens is 2. The molecule has 5 nitrogen and oxygen atoms in total. The first-order valence-corrected chi connectivity index (χ1v) is 13.2. The molecule has 2 N–H and O–H groups in total. The van der Waals surface area contributed by atoms with E-state index in [-0.39, 0.29) is 17.1 Å². The van der Waals surface area contributed by atoms with Crippen LogP contribution in [0.5, 0.6) is 0 Å². The molecule has 0 spiro atoms. The van der Waals surface area contributed by atoms with Crippen LogP contribution in [0.3, 0.4) is 0 Å². The number of anilines is 2. The van der Waals surface area contributed by atoms with Crippen molar-refractivity contribution in [2.75, 3.05) is 10.6 Å². The lowest BCUT2D eigenvalue weighted by atomic mass is 10.1. The van der Waals surface area contributed by atoms with E-state index in [1.807, 2.05) is 67.8 Å². The van der Waals surface area contributed by atoms with E-state index < -0.39 is 0 Å². The van der Waals surface area contributed by atoms with Crippen LogP contribution in [0, 0.1) is 6.92 Å². The summed E-state index contributed by atoms with van der Waals surface area (Å²) in [6.45, 7) is 3.77. The third-order valence-electron chi connectivity index (χ3n) is 5.00. The summed E-state index contributed by atoms with van der Waals surface area (Å²) < 4.78 is 0. The molecule has 0 aliphatic rings. The predicted octanol–water partition coefficient (Wildman–Crippen LogP) is 7.80. The minimum atomic E-state index is -0.380. The second-order valence-corrected chi connectivity index (χ2v) is 10.9. The van der Waals surface area contributed by atoms with Gasteiger partial charge in [-0.15, -0.1) is 23.1 Å². The van der Waals surface area contributed by atoms with Gasteiger partial charge in [0.1, 0.15) is 0 Å². The van der Waals surface area contributed by atoms with Crippen molar-refractivity contribution < 1.29 is 9.59 Å². The number of thiazole rings is 1. The summed E-state index contributed by atoms with van der Waals surface area (Å²) in [5.41, 5.74) is 3.82. The molecule has 0 fully saturated rings. The normalized spacial score (nSPS) is 11.7. The van der Waals surface area contributed by atoms with E-state index in [4.69, 9.17) is 23.2 Å². The Bertz CT molecular complexity index is 1390. The van der Waals surface area contributed by atoms with Crippen LogP contribution in [0.25, 0.3) is 11.3 Å². The molecule has 9 heteroatoms. The van der Waals surface area contributed by atoms with Gasteiger partial charge in [0, 0.05) is 27.1 Å². The lowest BCUT2D eigenvalue weighted by molar-refractivity contribution is -0.115. The lowest BCUT2D eigenvalue weighted by Gasteiger charge is -2.12. The van der Waals surface area contributed by atoms with Gasteiger partial charge in [0.2, 0.25) is 5.91 Å². The summed E-state index contributed by atoms with van der Waals surface area (Å²) in [7, 11) is 0. The number of amides is 2. The van der Waals surface area contributed by atoms with E-state index in [0.717, 1.165) is 16.0 Å². The molecule has 0 saturated heterocycles. The standard InChI is InChI=1S/C26H21Cl2N3O2S2/c1-15-5-3-6-18(11-15)25(33)29-19-7-4-8-20(13-19)35-16(2)24(32)31-26-30-23(14-34-26)17-9-10-21(27)22(28)12-17/h3-14,16H,1-2H3,(H,29,33)(H,30,31,32). The van der Waals surface area contributed by atoms with Crippen molar-refractivity contribution >= 4 is 68.9 Å². The second-order valence-electron chi connectivity index (χ2n) is 7.77. The van der Waals surface area contributed by atoms with Crippen LogP contribution in [0.1, 0.15) is 22.8 Å². The van der Waals surface area contributed by atoms with Crippen molar-refractivity contribution in [2.24, 2.45) is 0 Å². The van der Waals surface area contributed by atoms with Gasteiger partial charge >= 0.3 is 0 Å². The van der Waals surface area contributed by atoms with E-state index in [9.17, 15) is 9.59 Å². The van der Waals surface area contributed by atoms with Crippen molar-refractivity contribution in [2.45, 2.75) is 24.0 Å². The number of carbonyl (C=O) groups excluding carboxylic acids is 2. The molecule has 4 rings (SSSR count). The van der Waals surface area contributed by atoms with Crippen molar-refractivity contribution in [1.82, 2.24) is 4.98 Å². The summed E-state index contributed by atoms with van der Waals surface area (Å²) in [5, 5.41) is 8.69. The van der Waals surface area contributed by atoms with E-state index in [1.54, 1.807) is 18.2 Å². The maximum atomic E-state index is 12.8. The van der Waals surface area contributed by atoms with Gasteiger partial charge < -0.3 is 10.6 Å². The number of aromatic nitrogens is 1. The monoisotopic (exact) mass is 541 g/mol. The Kier molecular flexibility index (Phi) is 8.13. The maximum absolute atomic E-state index is 12.8. The fourth-order valence-corrected chi connectivity index (χ4v) is 5.17. The first-order chi connectivity index (χ1) is 16.8. The Hall–Kier alpha value is -2.84. The number of thioether (sulfide) groups is 1. The zero-order chi connectivity index (χ0) is 24.9. The highest BCUT2D eigenvalue weighted by Crippen LogP contribution is 2.31. The lowest BCUT2D eigenvalue weighted by Crippen LogP contribution is -2.22. The van der Waals surface area contributed by atoms with Crippen LogP contribution in [0.2, 0.25) is 10.0 Å². The fraction of sp³-hybridized carbons (Fsp3) is 0.115. The van der Waals surface area contributed by atoms with E-state index in [1.165, 1.54) is 23.1 Å². The summed E-state index contributed by atoms with van der Waals surface area (Å²) in [6, 6.07) is 20.1. The minimum Gasteiger partial charge on any atom is -0.322 e. The Labute approximate surface area is 221 Å². The van der Waals surface area contributed by atoms with Gasteiger partial charge in [-0.3, -0.25) is 9.59 Å². The first kappa shape index (κ1) is 25.3. The molecule has 1 atom stereocenters. The van der Waals surface area contributed by atoms with Crippen molar-refractivity contribution in [3.8, 4) is 11.3 Å². The average molecular weight is 543 g/mol. The third kappa shape index (κ3) is 6.64. The molecule has 0 radical (unpaired) electrons. The molecule has 178 valence electrons. The Morgan fingerprint density at radius 3 is 2.54 bits per heavy atom. The number of hydrogen-bond acceptors (Lipinski definition) is 5. The van der Waals surface area contributed by atoms with Gasteiger partial charge in [-0.05, 0) is 56.3 Å². The molecule has 1 heterocycles. The van der Waals surface area contributed by atoms with Crippen LogP contribution in [-0.4, -0.2) is 22.0 Å². The van der Waals surface area contributed by atoms with Crippen LogP contribution in [0.15, 0.2) is 77.0 Å². The second kappa shape index (κ2) is 11.3. The van der Waals surface area contributed by atoms with Gasteiger partial charge in [-0.2, -0.15) is 0 Å². The number of aryl methyl sites for hydroxylation is 1. The molecule has 0 bridgehead atoms. The molecule has 3 aromatic carbocycles. The molecular weight excluding hydrogens is 521 g/mol. The van der Waals surface area contributed by atoms with E-state index in [2.05, 4.69) is 15.6 Å². The predicted molar refractivity (Wildman–Crippen MR) is 147 cm³/mol. The van der Waals surface area contributed by atoms with Gasteiger partial charge in [0.25, 0.3) is 5.91 Å². The smallest absolute Gasteiger partial charge is 0.255 e. The largest absolute Gasteiger partial charge is 0.322 e. The summed E-state index contributed by atoms with van der Waals surface area (Å²) in [4.78, 5) is 30.7. The van der Waals surface area contributed by atoms with Crippen LogP contribution in [-0.2, 0) is 4.79 Å². The zero-order valence-electron chi connectivity index (χ0n) is 18.8. The average Bonchev–Trinajstić information content (AvgIpc) is 3.29. The summed E-state index contributed by atoms with van der Waals surface area (Å²) in [5.74, 6) is -0.345. The Balaban J connectivity index is 1.37. The van der Waals surface area contributed by atoms with Crippen molar-refractivity contribution in [3.05, 3.63) is 93.3 Å². The van der Waals surface area contributed by atoms with Gasteiger partial charge in [-0.1, -0.05) is 53.0 Å². The molecule has 0 aliphatic carbocycles. The van der Waals surface area contributed by atoms with Crippen LogP contribution < -0.4 is 10.6 Å². The fourth-order valence-electron chi connectivity index (χ4n) is 3.22. The highest BCUT2D eigenvalue weighted by molar-refractivity contribution is 8.00. The van der Waals surface area contributed by atoms with Crippen LogP contribution >= 0.6 is 46.3 Å². The molecule has 35 heavy (non-hydrogen) atoms. The zero-order valence-corrected chi connectivity index (χ0v) is 22.0. The molecule has 4 aromatic rings. The Morgan fingerprint density at radius 2 is 1.77 bits per heavy atom. The Morgan fingerprint density at radius 1 is 0.971 bits per heavy atom. The van der Waals surface area contributed by atoms with Gasteiger partial charge in [-0.25, -0.2) is 4.98 Å². The van der Waals surface area contributed by atoms with Crippen molar-refractivity contribution in [1.29, 1.82) is 0 Å². The molecule has 1 aromatic heterocycles. The molecule has 1 unspecified atom stereocenters. The number of hydrogen-bond donors (Lipinski definition) is 2. The van der Waals surface area contributed by atoms with Crippen molar-refractivity contribution in [3.63, 3.8) is 0 Å². The number of nitrogens with zero attached hydrogens (tertiary/aromatic N) is 1. The number of benzene rings is 3. The van der Waals surface area contributed by atoms with Gasteiger partial charge in [0.05, 0.1) is 21.0 Å². The highest BCUT2D eigenvalue weighted by atomic mass is 35.5. The van der Waals surface area contributed by atoms with Gasteiger partial charge in [0.15, 0.2) is 5.13 Å². The number of carbonyl (C=O) groups is 2. The quantitative estimate of drug-likeness (QED) is 0.234. The topological polar surface area (TPSA) is 71.1 Å². The van der Waals surface area contributed by atoms with Crippen LogP contribution in [0.4, 0.5) is 10.8 Å². The summed E-state index contributed by atoms with van der Waals surface area (Å²) >= 11 is 14.8. The SMILES string of the molecule is Cc1cccc(C(=O)Nc2cccc(SC(C)C(=O)Nc3nc(-c4ccc(Cl)c(Cl)c4)cs3)c2)c1. The highest BCUT2D eigenvalue weighted by Gasteiger charge is 2.17. The number of nitrogens with one attached hydrogen (secondary N) is 2. The minimum absolute atomic E-state index is 0.167. The molecule has 0 saturated carbocycles. The molecular formula is C26H21Cl2N3O2S2. The first-order valence-electron chi connectivity index (χ1n) is 10.6. The molecule has 2 amide bonds. The van der Waals surface area contributed by atoms with E-state index >= 15 is 0 Å². The maximum Gasteiger partial charge on any atom is 0.255 e. The molecule has 0 aliphatic heterocycles. The summed E-state index contributed by atoms with van der Waals surface area (Å²) in [6.07, 6.45) is 0. The van der Waals surface area contributed by atoms with E-state index in [0.29, 0.717) is 32.1 Å². The third-order valence-corrected chi connectivity index (χ3v) is 7.59. The number of rotatable bonds is 7.